The number of nitrogens with one attached hydrogen (secondary N) is 1. The van der Waals surface area contributed by atoms with Crippen LogP contribution in [0.25, 0.3) is 0 Å². The van der Waals surface area contributed by atoms with Gasteiger partial charge in [-0.25, -0.2) is 4.98 Å². The van der Waals surface area contributed by atoms with Crippen LogP contribution in [-0.2, 0) is 29.7 Å². The van der Waals surface area contributed by atoms with E-state index < -0.39 is 6.04 Å². The molecule has 1 aliphatic rings. The van der Waals surface area contributed by atoms with Gasteiger partial charge in [-0.2, -0.15) is 0 Å². The van der Waals surface area contributed by atoms with Gasteiger partial charge in [-0.15, -0.1) is 0 Å². The lowest BCUT2D eigenvalue weighted by atomic mass is 10.1. The number of methoxy groups -OCH3 is 2. The average molecular weight is 415 g/mol. The number of benzene rings is 1. The molecule has 0 aliphatic carbocycles. The third-order valence-corrected chi connectivity index (χ3v) is 5.37. The maximum atomic E-state index is 12.8. The van der Waals surface area contributed by atoms with Crippen LogP contribution in [0.15, 0.2) is 30.6 Å². The van der Waals surface area contributed by atoms with Gasteiger partial charge in [-0.05, 0) is 17.7 Å². The lowest BCUT2D eigenvalue weighted by Crippen LogP contribution is -2.56. The van der Waals surface area contributed by atoms with Crippen molar-refractivity contribution in [2.75, 3.05) is 34.4 Å². The Kier molecular flexibility index (Phi) is 6.94. The molecule has 9 nitrogen and oxygen atoms in total. The fraction of sp³-hybridized carbons (Fsp3) is 0.476. The Morgan fingerprint density at radius 2 is 2.07 bits per heavy atom. The number of aromatic nitrogens is 2. The number of aryl methyl sites for hydroxylation is 1. The molecule has 0 radical (unpaired) electrons. The molecule has 1 saturated heterocycles. The molecule has 1 fully saturated rings. The summed E-state index contributed by atoms with van der Waals surface area (Å²) in [5.41, 5.74) is 0.987. The van der Waals surface area contributed by atoms with Crippen molar-refractivity contribution in [1.82, 2.24) is 24.7 Å². The first-order valence-electron chi connectivity index (χ1n) is 9.85. The Hall–Kier alpha value is -3.07. The van der Waals surface area contributed by atoms with Crippen LogP contribution in [0.1, 0.15) is 17.8 Å². The van der Waals surface area contributed by atoms with Gasteiger partial charge in [0.15, 0.2) is 11.5 Å². The fourth-order valence-electron chi connectivity index (χ4n) is 3.56. The van der Waals surface area contributed by atoms with Crippen LogP contribution in [-0.4, -0.2) is 71.6 Å². The zero-order chi connectivity index (χ0) is 21.7. The average Bonchev–Trinajstić information content (AvgIpc) is 3.14. The van der Waals surface area contributed by atoms with E-state index in [1.807, 2.05) is 40.9 Å². The first kappa shape index (κ1) is 21.6. The molecule has 2 amide bonds. The summed E-state index contributed by atoms with van der Waals surface area (Å²) >= 11 is 0. The van der Waals surface area contributed by atoms with E-state index in [4.69, 9.17) is 9.47 Å². The smallest absolute Gasteiger partial charge is 0.237 e. The molecule has 1 aromatic heterocycles. The van der Waals surface area contributed by atoms with Crippen molar-refractivity contribution >= 4 is 11.8 Å². The third-order valence-electron chi connectivity index (χ3n) is 5.37. The molecule has 0 saturated carbocycles. The van der Waals surface area contributed by atoms with Crippen molar-refractivity contribution < 1.29 is 19.1 Å². The second-order valence-electron chi connectivity index (χ2n) is 7.37. The number of piperazine rings is 1. The summed E-state index contributed by atoms with van der Waals surface area (Å²) in [5, 5.41) is 2.88. The molecule has 0 spiro atoms. The van der Waals surface area contributed by atoms with Crippen LogP contribution in [0.2, 0.25) is 0 Å². The first-order chi connectivity index (χ1) is 14.4. The zero-order valence-electron chi connectivity index (χ0n) is 17.9. The van der Waals surface area contributed by atoms with Gasteiger partial charge in [0, 0.05) is 46.1 Å². The van der Waals surface area contributed by atoms with Crippen molar-refractivity contribution in [2.24, 2.45) is 7.05 Å². The number of carbonyl (C=O) groups is 2. The number of ether oxygens (including phenoxy) is 2. The van der Waals surface area contributed by atoms with Crippen LogP contribution in [0, 0.1) is 0 Å². The summed E-state index contributed by atoms with van der Waals surface area (Å²) in [7, 11) is 6.81. The molecule has 9 heteroatoms. The van der Waals surface area contributed by atoms with Crippen molar-refractivity contribution in [3.63, 3.8) is 0 Å². The highest BCUT2D eigenvalue weighted by atomic mass is 16.5. The number of nitrogens with zero attached hydrogens (tertiary/aromatic N) is 4. The molecular weight excluding hydrogens is 386 g/mol. The number of hydrogen-bond donors (Lipinski definition) is 1. The quantitative estimate of drug-likeness (QED) is 0.686. The van der Waals surface area contributed by atoms with Gasteiger partial charge >= 0.3 is 0 Å². The Morgan fingerprint density at radius 3 is 2.73 bits per heavy atom. The summed E-state index contributed by atoms with van der Waals surface area (Å²) in [6.45, 7) is 2.15. The normalized spacial score (nSPS) is 16.8. The molecule has 1 aromatic carbocycles. The van der Waals surface area contributed by atoms with E-state index in [-0.39, 0.29) is 18.2 Å². The fourth-order valence-corrected chi connectivity index (χ4v) is 3.56. The highest BCUT2D eigenvalue weighted by molar-refractivity contribution is 5.88. The first-order valence-corrected chi connectivity index (χ1v) is 9.85. The van der Waals surface area contributed by atoms with Gasteiger partial charge in [0.05, 0.1) is 33.2 Å². The lowest BCUT2D eigenvalue weighted by Gasteiger charge is -2.35. The van der Waals surface area contributed by atoms with Crippen LogP contribution < -0.4 is 14.8 Å². The monoisotopic (exact) mass is 415 g/mol. The summed E-state index contributed by atoms with van der Waals surface area (Å²) in [4.78, 5) is 33.3. The second kappa shape index (κ2) is 9.62. The van der Waals surface area contributed by atoms with E-state index in [2.05, 4.69) is 10.3 Å². The Balaban J connectivity index is 1.69. The number of carbonyl (C=O) groups excluding carboxylic acids is 2. The standard InChI is InChI=1S/C21H29N5O4/c1-24-9-7-22-19(24)14-25(2)20(27)12-16-21(28)23-8-10-26(16)13-15-5-6-17(29-3)18(11-15)30-4/h5-7,9,11,16H,8,10,12-14H2,1-4H3,(H,23,28)/t16-/m0/s1. The maximum absolute atomic E-state index is 12.8. The van der Waals surface area contributed by atoms with Gasteiger partial charge < -0.3 is 24.3 Å². The summed E-state index contributed by atoms with van der Waals surface area (Å²) in [5.74, 6) is 1.86. The van der Waals surface area contributed by atoms with Gasteiger partial charge in [0.25, 0.3) is 0 Å². The van der Waals surface area contributed by atoms with Crippen LogP contribution in [0.3, 0.4) is 0 Å². The minimum Gasteiger partial charge on any atom is -0.493 e. The summed E-state index contributed by atoms with van der Waals surface area (Å²) < 4.78 is 12.5. The topological polar surface area (TPSA) is 88.9 Å². The van der Waals surface area contributed by atoms with Crippen molar-refractivity contribution in [2.45, 2.75) is 25.6 Å². The van der Waals surface area contributed by atoms with Gasteiger partial charge in [-0.3, -0.25) is 14.5 Å². The number of imidazole rings is 1. The minimum absolute atomic E-state index is 0.0997. The zero-order valence-corrected chi connectivity index (χ0v) is 17.9. The molecular formula is C21H29N5O4. The van der Waals surface area contributed by atoms with E-state index in [0.29, 0.717) is 37.7 Å². The molecule has 162 valence electrons. The maximum Gasteiger partial charge on any atom is 0.237 e. The van der Waals surface area contributed by atoms with Crippen molar-refractivity contribution in [3.8, 4) is 11.5 Å². The number of rotatable bonds is 8. The Bertz CT molecular complexity index is 897. The van der Waals surface area contributed by atoms with Gasteiger partial charge in [0.2, 0.25) is 11.8 Å². The lowest BCUT2D eigenvalue weighted by molar-refractivity contribution is -0.138. The van der Waals surface area contributed by atoms with Crippen LogP contribution in [0.5, 0.6) is 11.5 Å². The second-order valence-corrected chi connectivity index (χ2v) is 7.37. The molecule has 30 heavy (non-hydrogen) atoms. The van der Waals surface area contributed by atoms with Crippen molar-refractivity contribution in [1.29, 1.82) is 0 Å². The van der Waals surface area contributed by atoms with E-state index >= 15 is 0 Å². The van der Waals surface area contributed by atoms with Gasteiger partial charge in [-0.1, -0.05) is 6.07 Å². The SMILES string of the molecule is COc1ccc(CN2CCNC(=O)[C@@H]2CC(=O)N(C)Cc2nccn2C)cc1OC. The number of amides is 2. The third kappa shape index (κ3) is 4.91. The number of hydrogen-bond acceptors (Lipinski definition) is 6. The molecule has 2 heterocycles. The molecule has 1 aliphatic heterocycles. The highest BCUT2D eigenvalue weighted by Crippen LogP contribution is 2.28. The van der Waals surface area contributed by atoms with E-state index in [0.717, 1.165) is 11.4 Å². The van der Waals surface area contributed by atoms with E-state index in [1.54, 1.807) is 32.4 Å². The molecule has 0 unspecified atom stereocenters. The highest BCUT2D eigenvalue weighted by Gasteiger charge is 2.32. The minimum atomic E-state index is -0.525. The molecule has 2 aromatic rings. The van der Waals surface area contributed by atoms with E-state index in [1.165, 1.54) is 0 Å². The predicted molar refractivity (Wildman–Crippen MR) is 111 cm³/mol. The molecule has 1 atom stereocenters. The largest absolute Gasteiger partial charge is 0.493 e. The predicted octanol–water partition coefficient (Wildman–Crippen LogP) is 0.786. The molecule has 1 N–H and O–H groups in total. The van der Waals surface area contributed by atoms with E-state index in [9.17, 15) is 9.59 Å². The summed E-state index contributed by atoms with van der Waals surface area (Å²) in [6, 6.07) is 5.17. The molecule has 0 bridgehead atoms. The van der Waals surface area contributed by atoms with Crippen LogP contribution >= 0.6 is 0 Å². The van der Waals surface area contributed by atoms with Crippen molar-refractivity contribution in [3.05, 3.63) is 42.0 Å². The summed E-state index contributed by atoms with van der Waals surface area (Å²) in [6.07, 6.45) is 3.65. The van der Waals surface area contributed by atoms with Gasteiger partial charge in [0.1, 0.15) is 5.82 Å². The Labute approximate surface area is 176 Å². The molecule has 3 rings (SSSR count). The Morgan fingerprint density at radius 1 is 1.30 bits per heavy atom. The van der Waals surface area contributed by atoms with Crippen LogP contribution in [0.4, 0.5) is 0 Å².